The van der Waals surface area contributed by atoms with Gasteiger partial charge in [0.1, 0.15) is 13.2 Å². The van der Waals surface area contributed by atoms with Crippen LogP contribution in [0.3, 0.4) is 0 Å². The molecule has 5 rings (SSSR count). The predicted octanol–water partition coefficient (Wildman–Crippen LogP) is 5.97. The maximum atomic E-state index is 13.1. The molecule has 0 aliphatic carbocycles. The zero-order valence-corrected chi connectivity index (χ0v) is 19.6. The quantitative estimate of drug-likeness (QED) is 0.409. The standard InChI is InChI=1S/C25H24ClF3N2O4/c26-21-10-19(25(27,28)29)11-30-23(21)17-8-18-13-31(12-16-3-6-32-14-16)4-7-34-24(18)22(9-17)35-15-20-2-1-5-33-20/h3,6,8-11,14,20H,1-2,4-5,7,12-13,15H2. The Labute approximate surface area is 205 Å². The summed E-state index contributed by atoms with van der Waals surface area (Å²) in [6.07, 6.45) is 1.48. The molecule has 1 aromatic carbocycles. The predicted molar refractivity (Wildman–Crippen MR) is 122 cm³/mol. The second kappa shape index (κ2) is 10.1. The number of alkyl halides is 3. The van der Waals surface area contributed by atoms with Crippen LogP contribution in [0.1, 0.15) is 29.5 Å². The maximum Gasteiger partial charge on any atom is 0.417 e. The molecule has 1 unspecified atom stereocenters. The van der Waals surface area contributed by atoms with Crippen molar-refractivity contribution in [3.8, 4) is 22.8 Å². The van der Waals surface area contributed by atoms with Crippen molar-refractivity contribution in [3.05, 3.63) is 64.7 Å². The highest BCUT2D eigenvalue weighted by atomic mass is 35.5. The second-order valence-corrected chi connectivity index (χ2v) is 9.06. The lowest BCUT2D eigenvalue weighted by molar-refractivity contribution is -0.137. The van der Waals surface area contributed by atoms with Crippen molar-refractivity contribution in [3.63, 3.8) is 0 Å². The van der Waals surface area contributed by atoms with Crippen LogP contribution < -0.4 is 9.47 Å². The molecule has 3 aromatic rings. The zero-order valence-electron chi connectivity index (χ0n) is 18.8. The van der Waals surface area contributed by atoms with Gasteiger partial charge in [0.05, 0.1) is 34.9 Å². The molecule has 0 saturated carbocycles. The van der Waals surface area contributed by atoms with Crippen molar-refractivity contribution in [2.24, 2.45) is 0 Å². The molecule has 2 aliphatic rings. The molecule has 1 atom stereocenters. The number of furan rings is 1. The highest BCUT2D eigenvalue weighted by molar-refractivity contribution is 6.33. The fourth-order valence-corrected chi connectivity index (χ4v) is 4.60. The molecule has 4 heterocycles. The second-order valence-electron chi connectivity index (χ2n) is 8.65. The third-order valence-corrected chi connectivity index (χ3v) is 6.34. The number of halogens is 4. The molecule has 0 bridgehead atoms. The number of pyridine rings is 1. The van der Waals surface area contributed by atoms with E-state index >= 15 is 0 Å². The van der Waals surface area contributed by atoms with Crippen LogP contribution in [0.15, 0.2) is 47.4 Å². The molecule has 6 nitrogen and oxygen atoms in total. The summed E-state index contributed by atoms with van der Waals surface area (Å²) < 4.78 is 62.5. The number of fused-ring (bicyclic) bond motifs is 1. The number of ether oxygens (including phenoxy) is 3. The van der Waals surface area contributed by atoms with Crippen molar-refractivity contribution < 1.29 is 31.8 Å². The van der Waals surface area contributed by atoms with Gasteiger partial charge in [-0.15, -0.1) is 0 Å². The first-order valence-corrected chi connectivity index (χ1v) is 11.8. The van der Waals surface area contributed by atoms with Gasteiger partial charge in [-0.25, -0.2) is 0 Å². The van der Waals surface area contributed by atoms with Crippen LogP contribution in [0.2, 0.25) is 5.02 Å². The number of aromatic nitrogens is 1. The molecule has 186 valence electrons. The first-order valence-electron chi connectivity index (χ1n) is 11.4. The van der Waals surface area contributed by atoms with E-state index in [0.29, 0.717) is 56.5 Å². The number of hydrogen-bond donors (Lipinski definition) is 0. The first-order chi connectivity index (χ1) is 16.9. The summed E-state index contributed by atoms with van der Waals surface area (Å²) in [7, 11) is 0. The number of benzene rings is 1. The third kappa shape index (κ3) is 5.58. The minimum atomic E-state index is -4.53. The summed E-state index contributed by atoms with van der Waals surface area (Å²) >= 11 is 6.27. The highest BCUT2D eigenvalue weighted by Crippen LogP contribution is 2.41. The van der Waals surface area contributed by atoms with Crippen LogP contribution in [0.5, 0.6) is 11.5 Å². The Morgan fingerprint density at radius 3 is 2.80 bits per heavy atom. The van der Waals surface area contributed by atoms with Crippen LogP contribution in [0.25, 0.3) is 11.3 Å². The first kappa shape index (κ1) is 24.0. The summed E-state index contributed by atoms with van der Waals surface area (Å²) in [5, 5.41) is -0.0883. The van der Waals surface area contributed by atoms with Crippen molar-refractivity contribution >= 4 is 11.6 Å². The van der Waals surface area contributed by atoms with Crippen molar-refractivity contribution in [1.82, 2.24) is 9.88 Å². The smallest absolute Gasteiger partial charge is 0.417 e. The molecule has 10 heteroatoms. The van der Waals surface area contributed by atoms with E-state index in [2.05, 4.69) is 9.88 Å². The van der Waals surface area contributed by atoms with E-state index in [1.54, 1.807) is 18.6 Å². The Morgan fingerprint density at radius 1 is 1.20 bits per heavy atom. The van der Waals surface area contributed by atoms with E-state index in [0.717, 1.165) is 36.2 Å². The molecule has 2 aromatic heterocycles. The highest BCUT2D eigenvalue weighted by Gasteiger charge is 2.32. The number of nitrogens with zero attached hydrogens (tertiary/aromatic N) is 2. The number of rotatable bonds is 6. The molecule has 1 fully saturated rings. The number of hydrogen-bond acceptors (Lipinski definition) is 6. The van der Waals surface area contributed by atoms with Gasteiger partial charge in [0, 0.05) is 49.1 Å². The van der Waals surface area contributed by atoms with E-state index in [9.17, 15) is 13.2 Å². The van der Waals surface area contributed by atoms with Gasteiger partial charge in [-0.2, -0.15) is 13.2 Å². The van der Waals surface area contributed by atoms with Gasteiger partial charge in [0.2, 0.25) is 0 Å². The molecule has 0 radical (unpaired) electrons. The lowest BCUT2D eigenvalue weighted by Gasteiger charge is -2.20. The fourth-order valence-electron chi connectivity index (χ4n) is 4.32. The maximum absolute atomic E-state index is 13.1. The molecule has 35 heavy (non-hydrogen) atoms. The van der Waals surface area contributed by atoms with E-state index in [1.165, 1.54) is 0 Å². The van der Waals surface area contributed by atoms with E-state index < -0.39 is 11.7 Å². The Balaban J connectivity index is 1.49. The Hall–Kier alpha value is -2.75. The Bertz CT molecular complexity index is 1160. The summed E-state index contributed by atoms with van der Waals surface area (Å²) in [4.78, 5) is 6.25. The molecule has 2 aliphatic heterocycles. The lowest BCUT2D eigenvalue weighted by atomic mass is 10.0. The summed E-state index contributed by atoms with van der Waals surface area (Å²) in [5.41, 5.74) is 1.77. The Kier molecular flexibility index (Phi) is 6.91. The minimum Gasteiger partial charge on any atom is -0.488 e. The Morgan fingerprint density at radius 2 is 2.09 bits per heavy atom. The third-order valence-electron chi connectivity index (χ3n) is 6.06. The van der Waals surface area contributed by atoms with E-state index in [-0.39, 0.29) is 16.8 Å². The summed E-state index contributed by atoms with van der Waals surface area (Å²) in [6, 6.07) is 6.37. The lowest BCUT2D eigenvalue weighted by Crippen LogP contribution is -2.25. The largest absolute Gasteiger partial charge is 0.488 e. The van der Waals surface area contributed by atoms with Gasteiger partial charge >= 0.3 is 6.18 Å². The van der Waals surface area contributed by atoms with Crippen molar-refractivity contribution in [1.29, 1.82) is 0 Å². The molecule has 0 spiro atoms. The van der Waals surface area contributed by atoms with Gasteiger partial charge in [0.15, 0.2) is 11.5 Å². The molecule has 1 saturated heterocycles. The molecular weight excluding hydrogens is 485 g/mol. The zero-order chi connectivity index (χ0) is 24.4. The normalized spacial score (nSPS) is 18.7. The average Bonchev–Trinajstić information content (AvgIpc) is 3.48. The van der Waals surface area contributed by atoms with Crippen molar-refractivity contribution in [2.45, 2.75) is 38.2 Å². The summed E-state index contributed by atoms with van der Waals surface area (Å²) in [6.45, 7) is 3.40. The molecule has 0 amide bonds. The van der Waals surface area contributed by atoms with Crippen LogP contribution in [-0.4, -0.2) is 42.4 Å². The van der Waals surface area contributed by atoms with Crippen LogP contribution >= 0.6 is 11.6 Å². The van der Waals surface area contributed by atoms with Crippen LogP contribution in [-0.2, 0) is 24.0 Å². The monoisotopic (exact) mass is 508 g/mol. The summed E-state index contributed by atoms with van der Waals surface area (Å²) in [5.74, 6) is 1.11. The van der Waals surface area contributed by atoms with E-state index in [1.807, 2.05) is 12.1 Å². The van der Waals surface area contributed by atoms with E-state index in [4.69, 9.17) is 30.2 Å². The SMILES string of the molecule is FC(F)(F)c1cnc(-c2cc3c(c(OCC4CCCO4)c2)OCCN(Cc2ccoc2)C3)c(Cl)c1. The van der Waals surface area contributed by atoms with Gasteiger partial charge in [-0.1, -0.05) is 11.6 Å². The van der Waals surface area contributed by atoms with Crippen molar-refractivity contribution in [2.75, 3.05) is 26.4 Å². The van der Waals surface area contributed by atoms with Gasteiger partial charge in [-0.05, 0) is 37.1 Å². The topological polar surface area (TPSA) is 57.0 Å². The average molecular weight is 509 g/mol. The van der Waals surface area contributed by atoms with Gasteiger partial charge < -0.3 is 18.6 Å². The minimum absolute atomic E-state index is 0.00884. The van der Waals surface area contributed by atoms with Crippen LogP contribution in [0.4, 0.5) is 13.2 Å². The van der Waals surface area contributed by atoms with Gasteiger partial charge in [0.25, 0.3) is 0 Å². The molecule has 0 N–H and O–H groups in total. The van der Waals surface area contributed by atoms with Gasteiger partial charge in [-0.3, -0.25) is 9.88 Å². The fraction of sp³-hybridized carbons (Fsp3) is 0.400. The van der Waals surface area contributed by atoms with Crippen LogP contribution in [0, 0.1) is 0 Å². The molecular formula is C25H24ClF3N2O4.